The van der Waals surface area contributed by atoms with Crippen LogP contribution in [0, 0.1) is 5.92 Å². The molecule has 0 fully saturated rings. The first kappa shape index (κ1) is 20.5. The Morgan fingerprint density at radius 1 is 1.04 bits per heavy atom. The molecule has 0 aliphatic heterocycles. The molecular formula is C22H27NO4. The van der Waals surface area contributed by atoms with Crippen molar-refractivity contribution in [1.82, 2.24) is 5.32 Å². The maximum Gasteiger partial charge on any atom is 0.341 e. The smallest absolute Gasteiger partial charge is 0.341 e. The number of hydrogen-bond acceptors (Lipinski definition) is 3. The van der Waals surface area contributed by atoms with Crippen LogP contribution in [0.25, 0.3) is 0 Å². The zero-order valence-electron chi connectivity index (χ0n) is 15.9. The normalized spacial score (nSPS) is 12.8. The molecule has 2 aromatic rings. The van der Waals surface area contributed by atoms with E-state index in [2.05, 4.69) is 17.4 Å². The van der Waals surface area contributed by atoms with Crippen molar-refractivity contribution in [3.63, 3.8) is 0 Å². The molecule has 0 heterocycles. The van der Waals surface area contributed by atoms with Gasteiger partial charge in [0.1, 0.15) is 5.75 Å². The van der Waals surface area contributed by atoms with Crippen molar-refractivity contribution < 1.29 is 19.4 Å². The van der Waals surface area contributed by atoms with E-state index >= 15 is 0 Å². The molecule has 5 nitrogen and oxygen atoms in total. The number of carbonyl (C=O) groups excluding carboxylic acids is 1. The van der Waals surface area contributed by atoms with E-state index < -0.39 is 5.97 Å². The van der Waals surface area contributed by atoms with Crippen LogP contribution < -0.4 is 10.1 Å². The lowest BCUT2D eigenvalue weighted by molar-refractivity contribution is -0.139. The van der Waals surface area contributed by atoms with Crippen LogP contribution in [0.2, 0.25) is 0 Å². The van der Waals surface area contributed by atoms with Crippen LogP contribution in [0.4, 0.5) is 0 Å². The Hall–Kier alpha value is -2.82. The molecular weight excluding hydrogens is 342 g/mol. The minimum atomic E-state index is -1.01. The van der Waals surface area contributed by atoms with Crippen molar-refractivity contribution in [2.24, 2.45) is 5.92 Å². The monoisotopic (exact) mass is 369 g/mol. The highest BCUT2D eigenvalue weighted by Crippen LogP contribution is 2.19. The van der Waals surface area contributed by atoms with Gasteiger partial charge in [0.15, 0.2) is 6.61 Å². The number of carboxylic acids is 1. The molecule has 2 N–H and O–H groups in total. The molecule has 5 heteroatoms. The highest BCUT2D eigenvalue weighted by Gasteiger charge is 2.16. The predicted octanol–water partition coefficient (Wildman–Crippen LogP) is 3.99. The standard InChI is InChI=1S/C22H27NO4/c1-16(7-6-10-18-8-4-3-5-9-18)22(26)23-17(2)19-11-13-20(14-12-19)27-15-21(24)25/h3-5,8-9,11-14,16-17H,6-7,10,15H2,1-2H3,(H,23,26)(H,24,25). The number of aliphatic carboxylic acids is 1. The van der Waals surface area contributed by atoms with E-state index in [-0.39, 0.29) is 24.5 Å². The van der Waals surface area contributed by atoms with Crippen LogP contribution in [0.5, 0.6) is 5.75 Å². The Bertz CT molecular complexity index is 728. The number of carboxylic acid groups (broad SMARTS) is 1. The summed E-state index contributed by atoms with van der Waals surface area (Å²) in [4.78, 5) is 22.9. The van der Waals surface area contributed by atoms with Gasteiger partial charge < -0.3 is 15.2 Å². The number of carbonyl (C=O) groups is 2. The van der Waals surface area contributed by atoms with E-state index in [1.807, 2.05) is 44.2 Å². The van der Waals surface area contributed by atoms with Gasteiger partial charge in [0.2, 0.25) is 5.91 Å². The van der Waals surface area contributed by atoms with Crippen LogP contribution in [0.15, 0.2) is 54.6 Å². The van der Waals surface area contributed by atoms with Crippen LogP contribution >= 0.6 is 0 Å². The van der Waals surface area contributed by atoms with Gasteiger partial charge in [0.05, 0.1) is 6.04 Å². The number of amides is 1. The Kier molecular flexibility index (Phi) is 7.86. The van der Waals surface area contributed by atoms with E-state index in [1.54, 1.807) is 12.1 Å². The van der Waals surface area contributed by atoms with Gasteiger partial charge in [-0.1, -0.05) is 49.4 Å². The van der Waals surface area contributed by atoms with Crippen LogP contribution in [-0.2, 0) is 16.0 Å². The van der Waals surface area contributed by atoms with Gasteiger partial charge in [-0.15, -0.1) is 0 Å². The molecule has 2 rings (SSSR count). The van der Waals surface area contributed by atoms with Crippen molar-refractivity contribution in [2.75, 3.05) is 6.61 Å². The first-order valence-electron chi connectivity index (χ1n) is 9.24. The minimum absolute atomic E-state index is 0.0433. The highest BCUT2D eigenvalue weighted by atomic mass is 16.5. The van der Waals surface area contributed by atoms with Crippen molar-refractivity contribution >= 4 is 11.9 Å². The van der Waals surface area contributed by atoms with Crippen molar-refractivity contribution in [3.05, 3.63) is 65.7 Å². The average molecular weight is 369 g/mol. The Balaban J connectivity index is 1.77. The largest absolute Gasteiger partial charge is 0.482 e. The van der Waals surface area contributed by atoms with Crippen LogP contribution in [0.1, 0.15) is 43.9 Å². The van der Waals surface area contributed by atoms with Gasteiger partial charge in [-0.2, -0.15) is 0 Å². The maximum atomic E-state index is 12.4. The minimum Gasteiger partial charge on any atom is -0.482 e. The van der Waals surface area contributed by atoms with Gasteiger partial charge in [-0.05, 0) is 49.4 Å². The first-order valence-corrected chi connectivity index (χ1v) is 9.24. The van der Waals surface area contributed by atoms with Crippen molar-refractivity contribution in [2.45, 2.75) is 39.2 Å². The van der Waals surface area contributed by atoms with Crippen LogP contribution in [-0.4, -0.2) is 23.6 Å². The summed E-state index contributed by atoms with van der Waals surface area (Å²) in [6.45, 7) is 3.52. The number of ether oxygens (including phenoxy) is 1. The van der Waals surface area contributed by atoms with E-state index in [4.69, 9.17) is 9.84 Å². The number of rotatable bonds is 10. The predicted molar refractivity (Wildman–Crippen MR) is 105 cm³/mol. The number of nitrogens with one attached hydrogen (secondary N) is 1. The van der Waals surface area contributed by atoms with E-state index in [0.717, 1.165) is 24.8 Å². The first-order chi connectivity index (χ1) is 13.0. The van der Waals surface area contributed by atoms with Gasteiger partial charge in [-0.3, -0.25) is 4.79 Å². The molecule has 0 spiro atoms. The van der Waals surface area contributed by atoms with E-state index in [9.17, 15) is 9.59 Å². The summed E-state index contributed by atoms with van der Waals surface area (Å²) in [7, 11) is 0. The Labute approximate surface area is 160 Å². The maximum absolute atomic E-state index is 12.4. The molecule has 1 amide bonds. The summed E-state index contributed by atoms with van der Waals surface area (Å²) in [5, 5.41) is 11.7. The average Bonchev–Trinajstić information content (AvgIpc) is 2.67. The summed E-state index contributed by atoms with van der Waals surface area (Å²) in [5.41, 5.74) is 2.24. The molecule has 0 aliphatic rings. The summed E-state index contributed by atoms with van der Waals surface area (Å²) in [6, 6.07) is 17.3. The second-order valence-corrected chi connectivity index (χ2v) is 6.76. The molecule has 0 bridgehead atoms. The molecule has 0 saturated carbocycles. The lowest BCUT2D eigenvalue weighted by Gasteiger charge is -2.18. The zero-order valence-corrected chi connectivity index (χ0v) is 15.9. The quantitative estimate of drug-likeness (QED) is 0.664. The molecule has 2 atom stereocenters. The van der Waals surface area contributed by atoms with E-state index in [0.29, 0.717) is 5.75 Å². The van der Waals surface area contributed by atoms with Gasteiger partial charge in [0, 0.05) is 5.92 Å². The van der Waals surface area contributed by atoms with Gasteiger partial charge in [0.25, 0.3) is 0 Å². The fraction of sp³-hybridized carbons (Fsp3) is 0.364. The fourth-order valence-electron chi connectivity index (χ4n) is 2.82. The van der Waals surface area contributed by atoms with E-state index in [1.165, 1.54) is 5.56 Å². The van der Waals surface area contributed by atoms with Crippen molar-refractivity contribution in [3.8, 4) is 5.75 Å². The third kappa shape index (κ3) is 7.13. The molecule has 0 aliphatic carbocycles. The Morgan fingerprint density at radius 3 is 2.33 bits per heavy atom. The second-order valence-electron chi connectivity index (χ2n) is 6.76. The fourth-order valence-corrected chi connectivity index (χ4v) is 2.82. The van der Waals surface area contributed by atoms with Gasteiger partial charge >= 0.3 is 5.97 Å². The summed E-state index contributed by atoms with van der Waals surface area (Å²) < 4.78 is 5.12. The number of benzene rings is 2. The molecule has 0 aromatic heterocycles. The summed E-state index contributed by atoms with van der Waals surface area (Å²) in [5.74, 6) is -0.522. The topological polar surface area (TPSA) is 75.6 Å². The van der Waals surface area contributed by atoms with Crippen molar-refractivity contribution in [1.29, 1.82) is 0 Å². The number of aryl methyl sites for hydroxylation is 1. The van der Waals surface area contributed by atoms with Gasteiger partial charge in [-0.25, -0.2) is 4.79 Å². The molecule has 2 aromatic carbocycles. The SMILES string of the molecule is CC(CCCc1ccccc1)C(=O)NC(C)c1ccc(OCC(=O)O)cc1. The lowest BCUT2D eigenvalue weighted by atomic mass is 9.99. The molecule has 144 valence electrons. The second kappa shape index (κ2) is 10.4. The zero-order chi connectivity index (χ0) is 19.6. The third-order valence-corrected chi connectivity index (χ3v) is 4.49. The lowest BCUT2D eigenvalue weighted by Crippen LogP contribution is -2.31. The molecule has 0 saturated heterocycles. The number of hydrogen-bond donors (Lipinski definition) is 2. The summed E-state index contributed by atoms with van der Waals surface area (Å²) >= 11 is 0. The third-order valence-electron chi connectivity index (χ3n) is 4.49. The molecule has 27 heavy (non-hydrogen) atoms. The molecule has 2 unspecified atom stereocenters. The summed E-state index contributed by atoms with van der Waals surface area (Å²) in [6.07, 6.45) is 2.80. The molecule has 0 radical (unpaired) electrons. The van der Waals surface area contributed by atoms with Crippen LogP contribution in [0.3, 0.4) is 0 Å². The highest BCUT2D eigenvalue weighted by molar-refractivity contribution is 5.78. The Morgan fingerprint density at radius 2 is 1.70 bits per heavy atom.